The number of fused-ring (bicyclic) bond motifs is 6. The highest BCUT2D eigenvalue weighted by atomic mass is 35.5. The van der Waals surface area contributed by atoms with Crippen LogP contribution in [0.25, 0.3) is 44.2 Å². The minimum absolute atomic E-state index is 0.0408. The van der Waals surface area contributed by atoms with Crippen molar-refractivity contribution >= 4 is 57.4 Å². The number of H-pyrrole nitrogens is 2. The molecule has 18 heteroatoms. The maximum Gasteiger partial charge on any atom is 0.407 e. The number of nitrogens with zero attached hydrogens (tertiary/aromatic N) is 4. The number of amides is 4. The molecule has 3 aromatic carbocycles. The zero-order valence-corrected chi connectivity index (χ0v) is 38.8. The van der Waals surface area contributed by atoms with Gasteiger partial charge in [-0.2, -0.15) is 0 Å². The Balaban J connectivity index is 0.982. The summed E-state index contributed by atoms with van der Waals surface area (Å²) < 4.78 is 27.3. The maximum absolute atomic E-state index is 14.4. The first kappa shape index (κ1) is 45.3. The first-order valence-electron chi connectivity index (χ1n) is 22.7. The van der Waals surface area contributed by atoms with E-state index in [2.05, 4.69) is 38.8 Å². The number of hydrogen-bond donors (Lipinski definition) is 4. The first-order valence-corrected chi connectivity index (χ1v) is 23.1. The average molecular weight is 925 g/mol. The minimum atomic E-state index is -0.788. The minimum Gasteiger partial charge on any atom is -0.488 e. The average Bonchev–Trinajstić information content (AvgIpc) is 4.13. The van der Waals surface area contributed by atoms with Crippen molar-refractivity contribution in [3.05, 3.63) is 64.8 Å². The predicted molar refractivity (Wildman–Crippen MR) is 246 cm³/mol. The highest BCUT2D eigenvalue weighted by Gasteiger charge is 2.44. The Morgan fingerprint density at radius 2 is 1.64 bits per heavy atom. The lowest BCUT2D eigenvalue weighted by atomic mass is 9.90. The Labute approximate surface area is 387 Å². The van der Waals surface area contributed by atoms with Crippen LogP contribution < -0.4 is 15.4 Å². The summed E-state index contributed by atoms with van der Waals surface area (Å²) in [5, 5.41) is 7.82. The third kappa shape index (κ3) is 8.52. The van der Waals surface area contributed by atoms with E-state index < -0.39 is 30.3 Å². The summed E-state index contributed by atoms with van der Waals surface area (Å²) in [4.78, 5) is 73.7. The number of hydrogen-bond acceptors (Lipinski definition) is 11. The number of aromatic nitrogens is 4. The van der Waals surface area contributed by atoms with Crippen LogP contribution in [0.15, 0.2) is 42.5 Å². The van der Waals surface area contributed by atoms with Gasteiger partial charge < -0.3 is 54.1 Å². The van der Waals surface area contributed by atoms with E-state index >= 15 is 0 Å². The molecule has 4 aliphatic heterocycles. The first-order chi connectivity index (χ1) is 31.9. The third-order valence-corrected chi connectivity index (χ3v) is 14.1. The standard InChI is InChI=1S/C48H57ClN8O9/c1-24(2)38(53-47(60)63-5)46(59)57-25(3)7-12-35(57)43-50-34-11-9-28-19-33-31-10-8-29(18-30(31)23-66-37(33)20-32(28)41(34)52-43)39-42(49)55-44(51-39)36-17-26(22-62-4)21-56(36)45(58)40(54-48(61)64-6)27-13-15-65-16-14-27/h8-11,18-20,24-27,35-36,38,40H,7,12-17,21-23H2,1-6H3,(H,50,52)(H,51,55)(H,53,60)(H,54,61)/t25-,26-,35-,36-,38-,40-/m0/s1. The number of carbonyl (C=O) groups excluding carboxylic acids is 4. The van der Waals surface area contributed by atoms with Crippen LogP contribution in [0.4, 0.5) is 9.59 Å². The zero-order valence-electron chi connectivity index (χ0n) is 38.1. The number of nitrogens with one attached hydrogen (secondary N) is 4. The van der Waals surface area contributed by atoms with Gasteiger partial charge in [-0.3, -0.25) is 9.59 Å². The van der Waals surface area contributed by atoms with Gasteiger partial charge in [0.15, 0.2) is 0 Å². The maximum atomic E-state index is 14.4. The lowest BCUT2D eigenvalue weighted by Crippen LogP contribution is -2.53. The number of ether oxygens (including phenoxy) is 5. The number of halogens is 1. The Hall–Kier alpha value is -5.91. The highest BCUT2D eigenvalue weighted by Crippen LogP contribution is 2.45. The van der Waals surface area contributed by atoms with Gasteiger partial charge in [-0.05, 0) is 91.6 Å². The van der Waals surface area contributed by atoms with Gasteiger partial charge in [0.1, 0.15) is 46.9 Å². The van der Waals surface area contributed by atoms with Crippen molar-refractivity contribution in [1.29, 1.82) is 0 Å². The lowest BCUT2D eigenvalue weighted by molar-refractivity contribution is -0.138. The predicted octanol–water partition coefficient (Wildman–Crippen LogP) is 7.44. The summed E-state index contributed by atoms with van der Waals surface area (Å²) >= 11 is 6.94. The van der Waals surface area contributed by atoms with Crippen LogP contribution in [0.3, 0.4) is 0 Å². The monoisotopic (exact) mass is 924 g/mol. The summed E-state index contributed by atoms with van der Waals surface area (Å²) in [7, 11) is 4.23. The number of rotatable bonds is 11. The van der Waals surface area contributed by atoms with Gasteiger partial charge in [-0.25, -0.2) is 19.6 Å². The van der Waals surface area contributed by atoms with Crippen LogP contribution in [0.5, 0.6) is 5.75 Å². The second-order valence-electron chi connectivity index (χ2n) is 18.3. The molecule has 6 atom stereocenters. The van der Waals surface area contributed by atoms with Crippen molar-refractivity contribution in [2.45, 2.75) is 89.7 Å². The van der Waals surface area contributed by atoms with Gasteiger partial charge in [0.2, 0.25) is 11.8 Å². The molecule has 4 aliphatic rings. The summed E-state index contributed by atoms with van der Waals surface area (Å²) in [5.41, 5.74) is 5.93. The number of methoxy groups -OCH3 is 3. The SMILES string of the molecule is COC[C@H]1C[C@@H](c2nc(-c3ccc4c(c3)COc3cc5c(ccc6[nH]c([C@@H]7CC[C@H](C)N7C(=O)[C@@H](NC(=O)OC)C(C)C)nc65)cc3-4)c(Cl)[nH]2)N(C(=O)[C@@H](NC(=O)OC)C2CCOCC2)C1. The summed E-state index contributed by atoms with van der Waals surface area (Å²) in [6, 6.07) is 12.1. The molecule has 0 aliphatic carbocycles. The normalized spacial score (nSPS) is 21.6. The van der Waals surface area contributed by atoms with E-state index in [0.717, 1.165) is 62.7 Å². The van der Waals surface area contributed by atoms with E-state index in [1.807, 2.05) is 49.9 Å². The molecule has 0 bridgehead atoms. The van der Waals surface area contributed by atoms with Crippen molar-refractivity contribution in [3.63, 3.8) is 0 Å². The molecule has 6 heterocycles. The Bertz CT molecular complexity index is 2660. The van der Waals surface area contributed by atoms with Gasteiger partial charge in [-0.1, -0.05) is 43.6 Å². The fourth-order valence-corrected chi connectivity index (χ4v) is 10.6. The van der Waals surface area contributed by atoms with Crippen LogP contribution in [-0.4, -0.2) is 120 Å². The Morgan fingerprint density at radius 3 is 2.38 bits per heavy atom. The number of carbonyl (C=O) groups is 4. The van der Waals surface area contributed by atoms with Crippen molar-refractivity contribution in [2.24, 2.45) is 17.8 Å². The summed E-state index contributed by atoms with van der Waals surface area (Å²) in [6.45, 7) is 8.07. The summed E-state index contributed by atoms with van der Waals surface area (Å²) in [5.74, 6) is 1.41. The van der Waals surface area contributed by atoms with Crippen LogP contribution in [0, 0.1) is 17.8 Å². The van der Waals surface area contributed by atoms with E-state index in [1.165, 1.54) is 14.2 Å². The molecule has 17 nitrogen and oxygen atoms in total. The second-order valence-corrected chi connectivity index (χ2v) is 18.6. The molecule has 4 N–H and O–H groups in total. The van der Waals surface area contributed by atoms with Crippen LogP contribution in [0.1, 0.15) is 82.2 Å². The zero-order chi connectivity index (χ0) is 46.4. The van der Waals surface area contributed by atoms with E-state index in [-0.39, 0.29) is 41.7 Å². The van der Waals surface area contributed by atoms with Crippen molar-refractivity contribution in [3.8, 4) is 28.1 Å². The molecule has 0 spiro atoms. The van der Waals surface area contributed by atoms with Gasteiger partial charge in [-0.15, -0.1) is 0 Å². The van der Waals surface area contributed by atoms with Crippen LogP contribution in [-0.2, 0) is 35.1 Å². The molecular formula is C48H57ClN8O9. The molecule has 0 radical (unpaired) electrons. The smallest absolute Gasteiger partial charge is 0.407 e. The van der Waals surface area contributed by atoms with Gasteiger partial charge in [0.05, 0.1) is 43.9 Å². The van der Waals surface area contributed by atoms with E-state index in [9.17, 15) is 19.2 Å². The molecule has 0 saturated carbocycles. The fraction of sp³-hybridized carbons (Fsp3) is 0.500. The van der Waals surface area contributed by atoms with Crippen molar-refractivity contribution in [2.75, 3.05) is 47.7 Å². The molecule has 66 heavy (non-hydrogen) atoms. The topological polar surface area (TPSA) is 202 Å². The number of aromatic amines is 2. The molecule has 3 saturated heterocycles. The highest BCUT2D eigenvalue weighted by molar-refractivity contribution is 6.32. The Morgan fingerprint density at radius 1 is 0.879 bits per heavy atom. The fourth-order valence-electron chi connectivity index (χ4n) is 10.4. The molecule has 9 rings (SSSR count). The molecule has 2 aromatic heterocycles. The lowest BCUT2D eigenvalue weighted by Gasteiger charge is -2.34. The molecule has 350 valence electrons. The van der Waals surface area contributed by atoms with E-state index in [4.69, 9.17) is 45.3 Å². The van der Waals surface area contributed by atoms with Crippen LogP contribution in [0.2, 0.25) is 5.15 Å². The van der Waals surface area contributed by atoms with Gasteiger partial charge >= 0.3 is 12.2 Å². The molecule has 0 unspecified atom stereocenters. The largest absolute Gasteiger partial charge is 0.488 e. The van der Waals surface area contributed by atoms with Crippen molar-refractivity contribution < 1.29 is 42.9 Å². The summed E-state index contributed by atoms with van der Waals surface area (Å²) in [6.07, 6.45) is 2.11. The number of benzene rings is 3. The Kier molecular flexibility index (Phi) is 12.9. The van der Waals surface area contributed by atoms with Gasteiger partial charge in [0, 0.05) is 55.3 Å². The quantitative estimate of drug-likeness (QED) is 0.103. The third-order valence-electron chi connectivity index (χ3n) is 13.8. The molecule has 5 aromatic rings. The molecular weight excluding hydrogens is 868 g/mol. The number of imidazole rings is 2. The van der Waals surface area contributed by atoms with Crippen LogP contribution >= 0.6 is 11.6 Å². The number of likely N-dealkylation sites (tertiary alicyclic amines) is 2. The second kappa shape index (κ2) is 18.8. The van der Waals surface area contributed by atoms with Crippen molar-refractivity contribution in [1.82, 2.24) is 40.4 Å². The molecule has 4 amide bonds. The van der Waals surface area contributed by atoms with E-state index in [1.54, 1.807) is 12.0 Å². The number of alkyl carbamates (subject to hydrolysis) is 2. The van der Waals surface area contributed by atoms with E-state index in [0.29, 0.717) is 74.7 Å². The molecule has 3 fully saturated rings. The van der Waals surface area contributed by atoms with Gasteiger partial charge in [0.25, 0.3) is 0 Å².